The molecule has 0 spiro atoms. The standard InChI is InChI=1S/C26H30N4O4S/c1-18-17-22(29-34-18)28-23(31)14-15-24(32)30(20-11-6-3-7-12-20)26(25(27)33,21-13-8-16-35-21)19-9-4-2-5-10-19/h3,6-8,11-13,16-17,19H,2,4-5,9-10,14-15H2,1H3,(H2,27,33)(H,28,29,31). The molecule has 1 atom stereocenters. The fraction of sp³-hybridized carbons (Fsp3) is 0.385. The van der Waals surface area contributed by atoms with Gasteiger partial charge in [-0.15, -0.1) is 11.3 Å². The molecule has 4 rings (SSSR count). The lowest BCUT2D eigenvalue weighted by molar-refractivity contribution is -0.131. The molecule has 1 fully saturated rings. The maximum absolute atomic E-state index is 13.9. The van der Waals surface area contributed by atoms with Crippen molar-refractivity contribution in [3.63, 3.8) is 0 Å². The number of anilines is 2. The minimum absolute atomic E-state index is 0.0714. The summed E-state index contributed by atoms with van der Waals surface area (Å²) < 4.78 is 4.98. The Balaban J connectivity index is 1.70. The van der Waals surface area contributed by atoms with Crippen molar-refractivity contribution in [2.75, 3.05) is 10.2 Å². The summed E-state index contributed by atoms with van der Waals surface area (Å²) in [5.74, 6) is -0.498. The smallest absolute Gasteiger partial charge is 0.249 e. The minimum Gasteiger partial charge on any atom is -0.367 e. The Labute approximate surface area is 208 Å². The molecule has 1 aliphatic carbocycles. The molecule has 0 aliphatic heterocycles. The van der Waals surface area contributed by atoms with Crippen LogP contribution in [0, 0.1) is 12.8 Å². The second-order valence-electron chi connectivity index (χ2n) is 8.88. The summed E-state index contributed by atoms with van der Waals surface area (Å²) in [5.41, 5.74) is 5.47. The van der Waals surface area contributed by atoms with E-state index in [-0.39, 0.29) is 30.6 Å². The molecule has 35 heavy (non-hydrogen) atoms. The van der Waals surface area contributed by atoms with Gasteiger partial charge in [0.2, 0.25) is 17.7 Å². The molecule has 2 heterocycles. The predicted molar refractivity (Wildman–Crippen MR) is 135 cm³/mol. The first-order valence-electron chi connectivity index (χ1n) is 11.9. The normalized spacial score (nSPS) is 15.8. The zero-order valence-corrected chi connectivity index (χ0v) is 20.6. The number of amides is 3. The van der Waals surface area contributed by atoms with Crippen LogP contribution in [-0.4, -0.2) is 22.9 Å². The topological polar surface area (TPSA) is 119 Å². The molecule has 8 nitrogen and oxygen atoms in total. The van der Waals surface area contributed by atoms with Gasteiger partial charge in [-0.1, -0.05) is 48.7 Å². The highest BCUT2D eigenvalue weighted by Crippen LogP contribution is 2.47. The van der Waals surface area contributed by atoms with Crippen LogP contribution in [0.1, 0.15) is 55.6 Å². The van der Waals surface area contributed by atoms with Gasteiger partial charge in [-0.05, 0) is 49.3 Å². The number of aryl methyl sites for hydroxylation is 1. The fourth-order valence-electron chi connectivity index (χ4n) is 5.03. The van der Waals surface area contributed by atoms with Crippen LogP contribution in [0.4, 0.5) is 11.5 Å². The lowest BCUT2D eigenvalue weighted by atomic mass is 9.71. The first-order chi connectivity index (χ1) is 16.9. The Morgan fingerprint density at radius 3 is 2.46 bits per heavy atom. The number of carbonyl (C=O) groups excluding carboxylic acids is 3. The van der Waals surface area contributed by atoms with E-state index in [1.807, 2.05) is 47.8 Å². The van der Waals surface area contributed by atoms with Crippen molar-refractivity contribution in [1.29, 1.82) is 0 Å². The van der Waals surface area contributed by atoms with Gasteiger partial charge in [0.25, 0.3) is 0 Å². The quantitative estimate of drug-likeness (QED) is 0.445. The van der Waals surface area contributed by atoms with E-state index in [2.05, 4.69) is 10.5 Å². The highest BCUT2D eigenvalue weighted by Gasteiger charge is 2.53. The van der Waals surface area contributed by atoms with Crippen LogP contribution in [0.2, 0.25) is 0 Å². The fourth-order valence-corrected chi connectivity index (χ4v) is 6.03. The Kier molecular flexibility index (Phi) is 7.65. The van der Waals surface area contributed by atoms with E-state index < -0.39 is 11.4 Å². The van der Waals surface area contributed by atoms with Gasteiger partial charge in [0.1, 0.15) is 5.76 Å². The van der Waals surface area contributed by atoms with Crippen LogP contribution in [0.3, 0.4) is 0 Å². The van der Waals surface area contributed by atoms with E-state index in [4.69, 9.17) is 10.3 Å². The summed E-state index contributed by atoms with van der Waals surface area (Å²) in [6.07, 6.45) is 4.47. The molecule has 184 valence electrons. The van der Waals surface area contributed by atoms with Gasteiger partial charge in [0, 0.05) is 29.5 Å². The van der Waals surface area contributed by atoms with Gasteiger partial charge < -0.3 is 15.6 Å². The molecule has 1 aliphatic rings. The molecule has 0 radical (unpaired) electrons. The zero-order chi connectivity index (χ0) is 24.8. The highest BCUT2D eigenvalue weighted by atomic mass is 32.1. The number of nitrogens with two attached hydrogens (primary N) is 1. The molecule has 1 unspecified atom stereocenters. The molecule has 9 heteroatoms. The van der Waals surface area contributed by atoms with E-state index in [0.29, 0.717) is 17.3 Å². The van der Waals surface area contributed by atoms with Crippen LogP contribution in [0.15, 0.2) is 58.4 Å². The maximum Gasteiger partial charge on any atom is 0.249 e. The van der Waals surface area contributed by atoms with Crippen molar-refractivity contribution >= 4 is 40.6 Å². The number of nitrogens with zero attached hydrogens (tertiary/aromatic N) is 2. The zero-order valence-electron chi connectivity index (χ0n) is 19.7. The average molecular weight is 495 g/mol. The summed E-state index contributed by atoms with van der Waals surface area (Å²) in [6.45, 7) is 1.73. The second kappa shape index (κ2) is 10.9. The molecular formula is C26H30N4O4S. The lowest BCUT2D eigenvalue weighted by Gasteiger charge is -2.47. The molecule has 3 amide bonds. The number of primary amides is 1. The van der Waals surface area contributed by atoms with Crippen LogP contribution in [0.25, 0.3) is 0 Å². The van der Waals surface area contributed by atoms with E-state index in [1.165, 1.54) is 11.3 Å². The summed E-state index contributed by atoms with van der Waals surface area (Å²) in [5, 5.41) is 8.31. The Hall–Kier alpha value is -3.46. The van der Waals surface area contributed by atoms with E-state index in [9.17, 15) is 14.4 Å². The molecule has 1 aromatic carbocycles. The summed E-state index contributed by atoms with van der Waals surface area (Å²) in [7, 11) is 0. The van der Waals surface area contributed by atoms with Crippen LogP contribution >= 0.6 is 11.3 Å². The van der Waals surface area contributed by atoms with Crippen molar-refractivity contribution in [2.45, 2.75) is 57.4 Å². The lowest BCUT2D eigenvalue weighted by Crippen LogP contribution is -2.61. The Morgan fingerprint density at radius 1 is 1.11 bits per heavy atom. The predicted octanol–water partition coefficient (Wildman–Crippen LogP) is 4.76. The molecular weight excluding hydrogens is 464 g/mol. The van der Waals surface area contributed by atoms with Gasteiger partial charge in [-0.25, -0.2) is 0 Å². The SMILES string of the molecule is Cc1cc(NC(=O)CCC(=O)N(c2ccccc2)C(C(N)=O)(c2cccs2)C2CCCCC2)no1. The third-order valence-electron chi connectivity index (χ3n) is 6.55. The summed E-state index contributed by atoms with van der Waals surface area (Å²) >= 11 is 1.43. The molecule has 0 bridgehead atoms. The number of hydrogen-bond donors (Lipinski definition) is 2. The third-order valence-corrected chi connectivity index (χ3v) is 7.54. The van der Waals surface area contributed by atoms with Crippen molar-refractivity contribution < 1.29 is 18.9 Å². The van der Waals surface area contributed by atoms with Gasteiger partial charge in [-0.2, -0.15) is 0 Å². The van der Waals surface area contributed by atoms with Crippen LogP contribution in [-0.2, 0) is 19.9 Å². The first kappa shape index (κ1) is 24.7. The monoisotopic (exact) mass is 494 g/mol. The highest BCUT2D eigenvalue weighted by molar-refractivity contribution is 7.10. The Bertz CT molecular complexity index is 1160. The van der Waals surface area contributed by atoms with Crippen molar-refractivity contribution in [1.82, 2.24) is 5.16 Å². The Morgan fingerprint density at radius 2 is 1.86 bits per heavy atom. The molecule has 3 N–H and O–H groups in total. The maximum atomic E-state index is 13.9. The second-order valence-corrected chi connectivity index (χ2v) is 9.83. The number of benzene rings is 1. The van der Waals surface area contributed by atoms with Gasteiger partial charge >= 0.3 is 0 Å². The number of hydrogen-bond acceptors (Lipinski definition) is 6. The van der Waals surface area contributed by atoms with Gasteiger partial charge in [0.15, 0.2) is 11.4 Å². The van der Waals surface area contributed by atoms with Gasteiger partial charge in [-0.3, -0.25) is 19.3 Å². The number of rotatable bonds is 9. The molecule has 3 aromatic rings. The van der Waals surface area contributed by atoms with E-state index in [1.54, 1.807) is 17.9 Å². The van der Waals surface area contributed by atoms with E-state index >= 15 is 0 Å². The molecule has 2 aromatic heterocycles. The van der Waals surface area contributed by atoms with Crippen molar-refractivity contribution in [2.24, 2.45) is 11.7 Å². The first-order valence-corrected chi connectivity index (χ1v) is 12.8. The van der Waals surface area contributed by atoms with Crippen molar-refractivity contribution in [3.05, 3.63) is 64.5 Å². The van der Waals surface area contributed by atoms with Gasteiger partial charge in [0.05, 0.1) is 0 Å². The van der Waals surface area contributed by atoms with E-state index in [0.717, 1.165) is 37.0 Å². The molecule has 1 saturated carbocycles. The van der Waals surface area contributed by atoms with Crippen LogP contribution in [0.5, 0.6) is 0 Å². The number of carbonyl (C=O) groups is 3. The number of aromatic nitrogens is 1. The summed E-state index contributed by atoms with van der Waals surface area (Å²) in [4.78, 5) is 42.2. The molecule has 0 saturated heterocycles. The number of nitrogens with one attached hydrogen (secondary N) is 1. The van der Waals surface area contributed by atoms with Crippen LogP contribution < -0.4 is 16.0 Å². The third kappa shape index (κ3) is 5.14. The largest absolute Gasteiger partial charge is 0.367 e. The number of thiophene rings is 1. The average Bonchev–Trinajstić information content (AvgIpc) is 3.54. The minimum atomic E-state index is -1.33. The number of para-hydroxylation sites is 1. The summed E-state index contributed by atoms with van der Waals surface area (Å²) in [6, 6.07) is 14.5. The van der Waals surface area contributed by atoms with Crippen molar-refractivity contribution in [3.8, 4) is 0 Å².